The Morgan fingerprint density at radius 2 is 1.16 bits per heavy atom. The highest BCUT2D eigenvalue weighted by Crippen LogP contribution is 2.37. The Balaban J connectivity index is 1.57. The summed E-state index contributed by atoms with van der Waals surface area (Å²) in [4.78, 5) is 2.47. The zero-order chi connectivity index (χ0) is 16.9. The molecule has 0 amide bonds. The lowest BCUT2D eigenvalue weighted by Gasteiger charge is -2.28. The highest BCUT2D eigenvalue weighted by Gasteiger charge is 2.19. The van der Waals surface area contributed by atoms with Crippen molar-refractivity contribution in [1.29, 1.82) is 0 Å². The second kappa shape index (κ2) is 7.57. The average Bonchev–Trinajstić information content (AvgIpc) is 2.62. The summed E-state index contributed by atoms with van der Waals surface area (Å²) in [5.74, 6) is 0.797. The number of nitrogens with zero attached hydrogens (tertiary/aromatic N) is 1. The van der Waals surface area contributed by atoms with Crippen molar-refractivity contribution in [2.75, 3.05) is 4.90 Å². The third-order valence-electron chi connectivity index (χ3n) is 5.27. The number of hydrogen-bond acceptors (Lipinski definition) is 1. The normalized spacial score (nSPS) is 14.1. The summed E-state index contributed by atoms with van der Waals surface area (Å²) in [5.41, 5.74) is 5.51. The van der Waals surface area contributed by atoms with Gasteiger partial charge in [-0.15, -0.1) is 0 Å². The number of benzene rings is 3. The van der Waals surface area contributed by atoms with Gasteiger partial charge in [0.1, 0.15) is 0 Å². The first kappa shape index (κ1) is 16.0. The zero-order valence-corrected chi connectivity index (χ0v) is 14.6. The van der Waals surface area contributed by atoms with Gasteiger partial charge in [0.15, 0.2) is 0 Å². The highest BCUT2D eigenvalue weighted by molar-refractivity contribution is 5.49. The molecule has 1 nitrogen and oxygen atoms in total. The summed E-state index contributed by atoms with van der Waals surface area (Å²) in [7, 11) is 0. The third kappa shape index (κ3) is 3.93. The van der Waals surface area contributed by atoms with E-state index in [9.17, 15) is 0 Å². The van der Waals surface area contributed by atoms with Crippen LogP contribution in [0.25, 0.3) is 0 Å². The van der Waals surface area contributed by atoms with Gasteiger partial charge in [-0.3, -0.25) is 0 Å². The van der Waals surface area contributed by atoms with Crippen LogP contribution in [0.4, 0.5) is 5.69 Å². The summed E-state index contributed by atoms with van der Waals surface area (Å²) in [6.07, 6.45) is 4.11. The van der Waals surface area contributed by atoms with Crippen molar-refractivity contribution >= 4 is 5.69 Å². The van der Waals surface area contributed by atoms with Crippen LogP contribution < -0.4 is 4.90 Å². The van der Waals surface area contributed by atoms with E-state index < -0.39 is 0 Å². The summed E-state index contributed by atoms with van der Waals surface area (Å²) >= 11 is 0. The minimum absolute atomic E-state index is 0.797. The van der Waals surface area contributed by atoms with E-state index in [0.29, 0.717) is 0 Å². The molecule has 4 rings (SSSR count). The molecule has 0 radical (unpaired) electrons. The molecule has 0 aromatic heterocycles. The predicted octanol–water partition coefficient (Wildman–Crippen LogP) is 6.16. The second-order valence-electron chi connectivity index (χ2n) is 7.05. The van der Waals surface area contributed by atoms with Gasteiger partial charge in [-0.1, -0.05) is 79.2 Å². The van der Waals surface area contributed by atoms with Crippen LogP contribution in [0, 0.1) is 0 Å². The molecule has 1 aliphatic rings. The first-order valence-corrected chi connectivity index (χ1v) is 9.31. The fraction of sp³-hybridized carbons (Fsp3) is 0.250. The molecule has 0 saturated heterocycles. The van der Waals surface area contributed by atoms with Gasteiger partial charge in [-0.25, -0.2) is 0 Å². The number of hydrogen-bond donors (Lipinski definition) is 0. The Bertz CT molecular complexity index is 732. The molecule has 0 heterocycles. The monoisotopic (exact) mass is 327 g/mol. The van der Waals surface area contributed by atoms with Crippen molar-refractivity contribution in [2.24, 2.45) is 0 Å². The molecule has 0 N–H and O–H groups in total. The van der Waals surface area contributed by atoms with Crippen LogP contribution in [0.15, 0.2) is 84.9 Å². The average molecular weight is 327 g/mol. The molecule has 1 heteroatoms. The Morgan fingerprint density at radius 3 is 1.60 bits per heavy atom. The fourth-order valence-corrected chi connectivity index (χ4v) is 3.54. The smallest absolute Gasteiger partial charge is 0.0433 e. The van der Waals surface area contributed by atoms with E-state index in [1.54, 1.807) is 0 Å². The van der Waals surface area contributed by atoms with Crippen LogP contribution in [0.3, 0.4) is 0 Å². The van der Waals surface area contributed by atoms with E-state index in [0.717, 1.165) is 19.0 Å². The van der Waals surface area contributed by atoms with Gasteiger partial charge in [0, 0.05) is 18.8 Å². The lowest BCUT2D eigenvalue weighted by molar-refractivity contribution is 0.420. The maximum atomic E-state index is 2.47. The molecule has 1 fully saturated rings. The van der Waals surface area contributed by atoms with E-state index >= 15 is 0 Å². The quantitative estimate of drug-likeness (QED) is 0.524. The summed E-state index contributed by atoms with van der Waals surface area (Å²) in [6.45, 7) is 1.86. The number of rotatable bonds is 6. The number of anilines is 1. The minimum Gasteiger partial charge on any atom is -0.363 e. The molecule has 1 saturated carbocycles. The molecule has 3 aromatic rings. The lowest BCUT2D eigenvalue weighted by Crippen LogP contribution is -2.22. The van der Waals surface area contributed by atoms with Gasteiger partial charge < -0.3 is 4.90 Å². The molecule has 25 heavy (non-hydrogen) atoms. The van der Waals surface area contributed by atoms with Crippen molar-refractivity contribution in [3.8, 4) is 0 Å². The van der Waals surface area contributed by atoms with Gasteiger partial charge >= 0.3 is 0 Å². The molecule has 0 atom stereocenters. The molecule has 0 unspecified atom stereocenters. The van der Waals surface area contributed by atoms with E-state index in [2.05, 4.69) is 89.8 Å². The Labute approximate surface area is 150 Å². The van der Waals surface area contributed by atoms with Crippen molar-refractivity contribution in [1.82, 2.24) is 0 Å². The first-order valence-electron chi connectivity index (χ1n) is 9.31. The predicted molar refractivity (Wildman–Crippen MR) is 106 cm³/mol. The maximum Gasteiger partial charge on any atom is 0.0433 e. The van der Waals surface area contributed by atoms with Crippen molar-refractivity contribution in [3.05, 3.63) is 102 Å². The third-order valence-corrected chi connectivity index (χ3v) is 5.27. The van der Waals surface area contributed by atoms with Crippen LogP contribution in [-0.4, -0.2) is 0 Å². The molecule has 0 aliphatic heterocycles. The SMILES string of the molecule is c1ccc(CN(Cc2ccccc2)c2ccc(C3CCC3)cc2)cc1. The molecular weight excluding hydrogens is 302 g/mol. The van der Waals surface area contributed by atoms with E-state index in [1.165, 1.54) is 41.6 Å². The zero-order valence-electron chi connectivity index (χ0n) is 14.6. The van der Waals surface area contributed by atoms with Crippen molar-refractivity contribution < 1.29 is 0 Å². The van der Waals surface area contributed by atoms with Crippen LogP contribution in [0.1, 0.15) is 41.9 Å². The van der Waals surface area contributed by atoms with Gasteiger partial charge in [0.05, 0.1) is 0 Å². The second-order valence-corrected chi connectivity index (χ2v) is 7.05. The van der Waals surface area contributed by atoms with Crippen LogP contribution >= 0.6 is 0 Å². The first-order chi connectivity index (χ1) is 12.4. The van der Waals surface area contributed by atoms with Crippen molar-refractivity contribution in [2.45, 2.75) is 38.3 Å². The Kier molecular flexibility index (Phi) is 4.83. The van der Waals surface area contributed by atoms with Gasteiger partial charge in [-0.2, -0.15) is 0 Å². The molecule has 3 aromatic carbocycles. The summed E-state index contributed by atoms with van der Waals surface area (Å²) in [5, 5.41) is 0. The van der Waals surface area contributed by atoms with E-state index in [4.69, 9.17) is 0 Å². The Morgan fingerprint density at radius 1 is 0.640 bits per heavy atom. The van der Waals surface area contributed by atoms with E-state index in [-0.39, 0.29) is 0 Å². The van der Waals surface area contributed by atoms with Crippen LogP contribution in [-0.2, 0) is 13.1 Å². The van der Waals surface area contributed by atoms with Gasteiger partial charge in [0.2, 0.25) is 0 Å². The van der Waals surface area contributed by atoms with Crippen LogP contribution in [0.2, 0.25) is 0 Å². The van der Waals surface area contributed by atoms with Crippen LogP contribution in [0.5, 0.6) is 0 Å². The van der Waals surface area contributed by atoms with Gasteiger partial charge in [-0.05, 0) is 47.6 Å². The summed E-state index contributed by atoms with van der Waals surface area (Å²) in [6, 6.07) is 30.8. The van der Waals surface area contributed by atoms with E-state index in [1.807, 2.05) is 0 Å². The molecule has 126 valence electrons. The Hall–Kier alpha value is -2.54. The molecule has 0 bridgehead atoms. The lowest BCUT2D eigenvalue weighted by atomic mass is 9.80. The topological polar surface area (TPSA) is 3.24 Å². The van der Waals surface area contributed by atoms with Crippen molar-refractivity contribution in [3.63, 3.8) is 0 Å². The largest absolute Gasteiger partial charge is 0.363 e. The minimum atomic E-state index is 0.797. The standard InChI is InChI=1S/C24H25N/c1-3-8-20(9-4-1)18-25(19-21-10-5-2-6-11-21)24-16-14-23(15-17-24)22-12-7-13-22/h1-6,8-11,14-17,22H,7,12-13,18-19H2. The fourth-order valence-electron chi connectivity index (χ4n) is 3.54. The van der Waals surface area contributed by atoms with Gasteiger partial charge in [0.25, 0.3) is 0 Å². The maximum absolute atomic E-state index is 2.47. The summed E-state index contributed by atoms with van der Waals surface area (Å²) < 4.78 is 0. The molecule has 0 spiro atoms. The molecule has 1 aliphatic carbocycles. The highest BCUT2D eigenvalue weighted by atomic mass is 15.1. The molecular formula is C24H25N.